The van der Waals surface area contributed by atoms with Crippen LogP contribution in [0.15, 0.2) is 23.3 Å². The minimum absolute atomic E-state index is 0. The Hall–Kier alpha value is 0.0762. The van der Waals surface area contributed by atoms with Crippen molar-refractivity contribution < 1.29 is 46.6 Å². The van der Waals surface area contributed by atoms with Crippen molar-refractivity contribution in [2.75, 3.05) is 14.2 Å². The topological polar surface area (TPSA) is 46.6 Å². The number of nitrogens with zero attached hydrogens (tertiary/aromatic N) is 1. The normalized spacial score (nSPS) is 24.8. The molecule has 0 aromatic rings. The predicted octanol–water partition coefficient (Wildman–Crippen LogP) is 1.15. The summed E-state index contributed by atoms with van der Waals surface area (Å²) in [5, 5.41) is 1.32. The molecule has 26 heavy (non-hydrogen) atoms. The van der Waals surface area contributed by atoms with Gasteiger partial charge in [0.1, 0.15) is 5.78 Å². The molecule has 0 bridgehead atoms. The molecule has 4 nitrogen and oxygen atoms in total. The molecule has 0 saturated heterocycles. The number of carbonyl (C=O) groups excluding carboxylic acids is 2. The number of halogens is 1. The smallest absolute Gasteiger partial charge is 1.00 e. The van der Waals surface area contributed by atoms with E-state index in [1.165, 1.54) is 23.3 Å². The van der Waals surface area contributed by atoms with Crippen LogP contribution < -0.4 is 24.0 Å². The monoisotopic (exact) mass is 493 g/mol. The van der Waals surface area contributed by atoms with Crippen molar-refractivity contribution in [2.45, 2.75) is 59.2 Å². The van der Waals surface area contributed by atoms with Gasteiger partial charge in [-0.15, -0.1) is 0 Å². The fourth-order valence-corrected chi connectivity index (χ4v) is 2.74. The molecule has 0 aromatic carbocycles. The number of hydroxylamine groups is 2. The summed E-state index contributed by atoms with van der Waals surface area (Å²) in [7, 11) is 2.34. The Morgan fingerprint density at radius 2 is 1.65 bits per heavy atom. The second-order valence-corrected chi connectivity index (χ2v) is 6.43. The van der Waals surface area contributed by atoms with Gasteiger partial charge in [-0.2, -0.15) is 0 Å². The Bertz CT molecular complexity index is 626. The van der Waals surface area contributed by atoms with Crippen LogP contribution in [0.5, 0.6) is 0 Å². The van der Waals surface area contributed by atoms with E-state index in [2.05, 4.69) is 13.0 Å². The maximum atomic E-state index is 11.6. The molecule has 0 aliphatic heterocycles. The molecule has 2 unspecified atom stereocenters. The van der Waals surface area contributed by atoms with Crippen molar-refractivity contribution in [1.29, 1.82) is 0 Å². The maximum Gasteiger partial charge on any atom is 2.00 e. The van der Waals surface area contributed by atoms with Crippen LogP contribution in [0.1, 0.15) is 67.4 Å². The Morgan fingerprint density at radius 1 is 1.19 bits per heavy atom. The largest absolute Gasteiger partial charge is 2.00 e. The molecule has 0 N–H and O–H groups in total. The first-order valence-electron chi connectivity index (χ1n) is 11.2. The average molecular weight is 494 g/mol. The van der Waals surface area contributed by atoms with E-state index in [1.807, 2.05) is 13.0 Å². The van der Waals surface area contributed by atoms with Crippen LogP contribution in [-0.2, 0) is 14.4 Å². The second-order valence-electron chi connectivity index (χ2n) is 6.43. The van der Waals surface area contributed by atoms with Gasteiger partial charge in [-0.25, -0.2) is 9.18 Å². The van der Waals surface area contributed by atoms with Crippen molar-refractivity contribution in [3.63, 3.8) is 0 Å². The van der Waals surface area contributed by atoms with Crippen LogP contribution in [0.4, 0.5) is 0 Å². The van der Waals surface area contributed by atoms with Gasteiger partial charge in [-0.1, -0.05) is 23.3 Å². The molecule has 1 amide bonds. The molecule has 0 heterocycles. The Morgan fingerprint density at radius 3 is 2.00 bits per heavy atom. The fraction of sp³-hybridized carbons (Fsp3) is 0.650. The zero-order chi connectivity index (χ0) is 23.5. The molecule has 2 rings (SSSR count). The molecule has 0 spiro atoms. The quantitative estimate of drug-likeness (QED) is 0.195. The summed E-state index contributed by atoms with van der Waals surface area (Å²) in [6, 6.07) is 0. The van der Waals surface area contributed by atoms with Gasteiger partial charge >= 0.3 is 23.1 Å². The molecule has 0 radical (unpaired) electrons. The van der Waals surface area contributed by atoms with Crippen LogP contribution in [0.2, 0.25) is 0 Å². The number of Topliss-reactive ketones (excluding diaryl/α,β-unsaturated/α-hetero) is 1. The van der Waals surface area contributed by atoms with Crippen molar-refractivity contribution in [2.24, 2.45) is 11.8 Å². The number of hydrogen-bond donors (Lipinski definition) is 0. The van der Waals surface area contributed by atoms with E-state index < -0.39 is 20.0 Å². The number of carbonyl (C=O) groups is 2. The zero-order valence-electron chi connectivity index (χ0n) is 22.3. The molecule has 0 fully saturated rings. The predicted molar refractivity (Wildman–Crippen MR) is 105 cm³/mol. The molecule has 2 atom stereocenters. The summed E-state index contributed by atoms with van der Waals surface area (Å²) in [4.78, 5) is 27.8. The number of hydrogen-bond acceptors (Lipinski definition) is 3. The van der Waals surface area contributed by atoms with Crippen LogP contribution in [0, 0.1) is 19.2 Å². The van der Waals surface area contributed by atoms with E-state index in [0.717, 1.165) is 25.7 Å². The molecule has 146 valence electrons. The third-order valence-corrected chi connectivity index (χ3v) is 4.58. The van der Waals surface area contributed by atoms with Gasteiger partial charge in [-0.05, 0) is 59.2 Å². The van der Waals surface area contributed by atoms with Crippen molar-refractivity contribution >= 4 is 34.7 Å². The first kappa shape index (κ1) is 19.4. The standard InChI is InChI=1S/C10H17NO2.C9H14O.CH3.HI.Mg/c1-8-4-6-9(7-5-8)10(12)11(2)13-3;1-7-3-5-9(6-4-7)8(2)10;;;/h4,9H,5-7H2,1-3H3;3,9H,4-6H2,1-2H3;1H3;1H;/q;;-1;;+2/p-1/i;2D3;1D3;;. The van der Waals surface area contributed by atoms with Crippen molar-refractivity contribution in [1.82, 2.24) is 5.06 Å². The third-order valence-electron chi connectivity index (χ3n) is 4.58. The fourth-order valence-electron chi connectivity index (χ4n) is 2.74. The summed E-state index contributed by atoms with van der Waals surface area (Å²) in [5.41, 5.74) is 2.65. The van der Waals surface area contributed by atoms with Gasteiger partial charge in [0.25, 0.3) is 0 Å². The van der Waals surface area contributed by atoms with E-state index in [4.69, 9.17) is 13.1 Å². The van der Waals surface area contributed by atoms with Crippen LogP contribution >= 0.6 is 0 Å². The summed E-state index contributed by atoms with van der Waals surface area (Å²) in [6.45, 7) is 1.71. The molecular weight excluding hydrogens is 453 g/mol. The number of rotatable bonds is 3. The van der Waals surface area contributed by atoms with Crippen molar-refractivity contribution in [3.8, 4) is 0 Å². The number of ketones is 1. The van der Waals surface area contributed by atoms with Crippen LogP contribution in [-0.4, -0.2) is 54.0 Å². The van der Waals surface area contributed by atoms with Gasteiger partial charge in [0.05, 0.1) is 7.11 Å². The van der Waals surface area contributed by atoms with E-state index >= 15 is 0 Å². The molecule has 2 aliphatic carbocycles. The van der Waals surface area contributed by atoms with Crippen LogP contribution in [0.25, 0.3) is 0 Å². The van der Waals surface area contributed by atoms with Gasteiger partial charge in [0.15, 0.2) is 0 Å². The molecule has 6 heteroatoms. The second kappa shape index (κ2) is 16.1. The third kappa shape index (κ3) is 11.0. The van der Waals surface area contributed by atoms with Crippen molar-refractivity contribution in [3.05, 3.63) is 30.7 Å². The summed E-state index contributed by atoms with van der Waals surface area (Å²) < 4.78 is 38.5. The van der Waals surface area contributed by atoms with E-state index in [-0.39, 0.29) is 64.8 Å². The van der Waals surface area contributed by atoms with Gasteiger partial charge in [0.2, 0.25) is 5.91 Å². The summed E-state index contributed by atoms with van der Waals surface area (Å²) in [5.74, 6) is -0.646. The molecule has 0 aromatic heterocycles. The first-order valence-corrected chi connectivity index (χ1v) is 8.23. The maximum absolute atomic E-state index is 11.6. The summed E-state index contributed by atoms with van der Waals surface area (Å²) in [6.07, 6.45) is 9.11. The first-order chi connectivity index (χ1) is 13.8. The minimum Gasteiger partial charge on any atom is -1.00 e. The minimum atomic E-state index is -2.41. The molecule has 2 aliphatic rings. The van der Waals surface area contributed by atoms with Gasteiger partial charge < -0.3 is 31.3 Å². The number of amides is 1. The zero-order valence-corrected chi connectivity index (χ0v) is 19.9. The van der Waals surface area contributed by atoms with Gasteiger partial charge in [0, 0.05) is 23.0 Å². The SMILES string of the molecule is CON(C)C(=O)C1CC=C(C)CC1.[2H]C([2H])([2H])C(=O)C1CC=C(C)CC1.[2H][C-]([2H])[2H].[I-].[Mg+2]. The van der Waals surface area contributed by atoms with E-state index in [0.29, 0.717) is 12.8 Å². The van der Waals surface area contributed by atoms with E-state index in [9.17, 15) is 9.59 Å². The Kier molecular flexibility index (Phi) is 12.0. The molecular formula is C20H34IMgNO3. The van der Waals surface area contributed by atoms with Gasteiger partial charge in [-0.3, -0.25) is 14.4 Å². The Balaban J connectivity index is -0.000000428. The number of allylic oxidation sites excluding steroid dienone is 4. The average Bonchev–Trinajstić information content (AvgIpc) is 2.67. The molecule has 0 saturated carbocycles. The van der Waals surface area contributed by atoms with E-state index in [1.54, 1.807) is 7.05 Å². The summed E-state index contributed by atoms with van der Waals surface area (Å²) >= 11 is 0. The Labute approximate surface area is 201 Å². The van der Waals surface area contributed by atoms with Crippen LogP contribution in [0.3, 0.4) is 0 Å².